The van der Waals surface area contributed by atoms with E-state index in [-0.39, 0.29) is 5.82 Å². The molecule has 3 rings (SSSR count). The van der Waals surface area contributed by atoms with Gasteiger partial charge in [0.1, 0.15) is 11.5 Å². The number of hydrogen-bond acceptors (Lipinski definition) is 6. The van der Waals surface area contributed by atoms with Crippen molar-refractivity contribution < 1.29 is 13.9 Å². The number of nitrogens with one attached hydrogen (secondary N) is 1. The van der Waals surface area contributed by atoms with Gasteiger partial charge in [-0.15, -0.1) is 5.10 Å². The van der Waals surface area contributed by atoms with Gasteiger partial charge in [0.05, 0.1) is 25.2 Å². The maximum Gasteiger partial charge on any atom is 0.291 e. The maximum absolute atomic E-state index is 13.2. The third kappa shape index (κ3) is 4.25. The van der Waals surface area contributed by atoms with Gasteiger partial charge in [-0.05, 0) is 39.0 Å². The van der Waals surface area contributed by atoms with Crippen molar-refractivity contribution in [3.05, 3.63) is 48.3 Å². The Morgan fingerprint density at radius 2 is 1.93 bits per heavy atom. The SMILES string of the molecule is COc1ccc(-n2nc(C(=O)NC(C)(C)C)nc2-c2ccc(F)cn2)cn1. The molecule has 9 heteroatoms. The molecule has 3 aromatic rings. The van der Waals surface area contributed by atoms with Crippen LogP contribution in [0, 0.1) is 5.82 Å². The summed E-state index contributed by atoms with van der Waals surface area (Å²) in [6.45, 7) is 5.58. The molecule has 0 saturated heterocycles. The summed E-state index contributed by atoms with van der Waals surface area (Å²) < 4.78 is 19.7. The van der Waals surface area contributed by atoms with Gasteiger partial charge in [0.15, 0.2) is 5.82 Å². The van der Waals surface area contributed by atoms with Gasteiger partial charge in [0, 0.05) is 11.6 Å². The summed E-state index contributed by atoms with van der Waals surface area (Å²) in [4.78, 5) is 25.0. The molecule has 0 atom stereocenters. The van der Waals surface area contributed by atoms with E-state index in [9.17, 15) is 9.18 Å². The van der Waals surface area contributed by atoms with Crippen molar-refractivity contribution in [3.63, 3.8) is 0 Å². The fraction of sp³-hybridized carbons (Fsp3) is 0.278. The van der Waals surface area contributed by atoms with Crippen LogP contribution in [0.1, 0.15) is 31.4 Å². The first-order valence-corrected chi connectivity index (χ1v) is 8.19. The number of carbonyl (C=O) groups excluding carboxylic acids is 1. The molecule has 3 heterocycles. The molecule has 0 spiro atoms. The second kappa shape index (κ2) is 7.10. The Labute approximate surface area is 155 Å². The highest BCUT2D eigenvalue weighted by molar-refractivity contribution is 5.91. The number of ether oxygens (including phenoxy) is 1. The second-order valence-corrected chi connectivity index (χ2v) is 6.80. The molecule has 3 aromatic heterocycles. The maximum atomic E-state index is 13.2. The first-order valence-electron chi connectivity index (χ1n) is 8.19. The topological polar surface area (TPSA) is 94.8 Å². The summed E-state index contributed by atoms with van der Waals surface area (Å²) >= 11 is 0. The van der Waals surface area contributed by atoms with Gasteiger partial charge in [-0.3, -0.25) is 4.79 Å². The van der Waals surface area contributed by atoms with Gasteiger partial charge in [0.25, 0.3) is 5.91 Å². The van der Waals surface area contributed by atoms with Crippen molar-refractivity contribution in [2.75, 3.05) is 7.11 Å². The molecule has 0 fully saturated rings. The number of amides is 1. The van der Waals surface area contributed by atoms with Gasteiger partial charge in [0.2, 0.25) is 11.7 Å². The number of hydrogen-bond donors (Lipinski definition) is 1. The Morgan fingerprint density at radius 1 is 1.15 bits per heavy atom. The van der Waals surface area contributed by atoms with Crippen molar-refractivity contribution >= 4 is 5.91 Å². The molecule has 0 radical (unpaired) electrons. The summed E-state index contributed by atoms with van der Waals surface area (Å²) in [5.74, 6) is -0.193. The number of carbonyl (C=O) groups is 1. The van der Waals surface area contributed by atoms with Crippen LogP contribution >= 0.6 is 0 Å². The highest BCUT2D eigenvalue weighted by Gasteiger charge is 2.23. The Kier molecular flexibility index (Phi) is 4.85. The van der Waals surface area contributed by atoms with Crippen LogP contribution in [-0.2, 0) is 0 Å². The van der Waals surface area contributed by atoms with Gasteiger partial charge in [-0.25, -0.2) is 24.0 Å². The van der Waals surface area contributed by atoms with Crippen LogP contribution in [0.5, 0.6) is 5.88 Å². The summed E-state index contributed by atoms with van der Waals surface area (Å²) in [6, 6.07) is 6.12. The van der Waals surface area contributed by atoms with E-state index in [2.05, 4.69) is 25.4 Å². The van der Waals surface area contributed by atoms with Gasteiger partial charge < -0.3 is 10.1 Å². The Bertz CT molecular complexity index is 945. The molecule has 0 aromatic carbocycles. The molecule has 140 valence electrons. The minimum atomic E-state index is -0.471. The molecule has 0 aliphatic rings. The number of pyridine rings is 2. The number of halogens is 1. The van der Waals surface area contributed by atoms with Crippen molar-refractivity contribution in [2.45, 2.75) is 26.3 Å². The quantitative estimate of drug-likeness (QED) is 0.758. The van der Waals surface area contributed by atoms with Crippen molar-refractivity contribution in [3.8, 4) is 23.1 Å². The van der Waals surface area contributed by atoms with E-state index in [1.54, 1.807) is 12.1 Å². The lowest BCUT2D eigenvalue weighted by atomic mass is 10.1. The first kappa shape index (κ1) is 18.4. The van der Waals surface area contributed by atoms with E-state index >= 15 is 0 Å². The minimum Gasteiger partial charge on any atom is -0.481 e. The van der Waals surface area contributed by atoms with Crippen LogP contribution in [0.15, 0.2) is 36.7 Å². The molecule has 1 amide bonds. The van der Waals surface area contributed by atoms with E-state index in [4.69, 9.17) is 4.74 Å². The molecular formula is C18H19FN6O2. The smallest absolute Gasteiger partial charge is 0.291 e. The van der Waals surface area contributed by atoms with Crippen molar-refractivity contribution in [2.24, 2.45) is 0 Å². The minimum absolute atomic E-state index is 0.0260. The van der Waals surface area contributed by atoms with Crippen LogP contribution in [0.4, 0.5) is 4.39 Å². The average Bonchev–Trinajstić information content (AvgIpc) is 3.06. The summed E-state index contributed by atoms with van der Waals surface area (Å²) in [7, 11) is 1.51. The number of methoxy groups -OCH3 is 1. The van der Waals surface area contributed by atoms with Crippen molar-refractivity contribution in [1.82, 2.24) is 30.0 Å². The number of rotatable bonds is 4. The molecule has 0 saturated carbocycles. The molecule has 0 aliphatic heterocycles. The predicted molar refractivity (Wildman–Crippen MR) is 96.1 cm³/mol. The van der Waals surface area contributed by atoms with Crippen LogP contribution in [0.2, 0.25) is 0 Å². The van der Waals surface area contributed by atoms with Crippen molar-refractivity contribution in [1.29, 1.82) is 0 Å². The van der Waals surface area contributed by atoms with Crippen LogP contribution in [-0.4, -0.2) is 43.3 Å². The Morgan fingerprint density at radius 3 is 2.48 bits per heavy atom. The fourth-order valence-corrected chi connectivity index (χ4v) is 2.28. The summed E-state index contributed by atoms with van der Waals surface area (Å²) in [5.41, 5.74) is 0.479. The molecule has 1 N–H and O–H groups in total. The Balaban J connectivity index is 2.08. The Hall–Kier alpha value is -3.36. The summed E-state index contributed by atoms with van der Waals surface area (Å²) in [6.07, 6.45) is 2.61. The second-order valence-electron chi connectivity index (χ2n) is 6.80. The number of nitrogens with zero attached hydrogens (tertiary/aromatic N) is 5. The average molecular weight is 370 g/mol. The van der Waals surface area contributed by atoms with Crippen LogP contribution < -0.4 is 10.1 Å². The molecular weight excluding hydrogens is 351 g/mol. The third-order valence-corrected chi connectivity index (χ3v) is 3.43. The van der Waals surface area contributed by atoms with E-state index < -0.39 is 17.3 Å². The predicted octanol–water partition coefficient (Wildman–Crippen LogP) is 2.40. The van der Waals surface area contributed by atoms with E-state index in [0.29, 0.717) is 23.1 Å². The summed E-state index contributed by atoms with van der Waals surface area (Å²) in [5, 5.41) is 7.11. The third-order valence-electron chi connectivity index (χ3n) is 3.43. The van der Waals surface area contributed by atoms with Gasteiger partial charge in [-0.2, -0.15) is 0 Å². The molecule has 0 aliphatic carbocycles. The van der Waals surface area contributed by atoms with Gasteiger partial charge in [-0.1, -0.05) is 0 Å². The highest BCUT2D eigenvalue weighted by Crippen LogP contribution is 2.20. The lowest BCUT2D eigenvalue weighted by Gasteiger charge is -2.18. The number of aromatic nitrogens is 5. The lowest BCUT2D eigenvalue weighted by Crippen LogP contribution is -2.41. The van der Waals surface area contributed by atoms with Crippen LogP contribution in [0.25, 0.3) is 17.2 Å². The van der Waals surface area contributed by atoms with E-state index in [1.165, 1.54) is 30.1 Å². The molecule has 0 unspecified atom stereocenters. The van der Waals surface area contributed by atoms with E-state index in [1.807, 2.05) is 20.8 Å². The molecule has 27 heavy (non-hydrogen) atoms. The van der Waals surface area contributed by atoms with Crippen LogP contribution in [0.3, 0.4) is 0 Å². The van der Waals surface area contributed by atoms with Gasteiger partial charge >= 0.3 is 0 Å². The zero-order valence-corrected chi connectivity index (χ0v) is 15.4. The zero-order chi connectivity index (χ0) is 19.6. The molecule has 0 bridgehead atoms. The monoisotopic (exact) mass is 370 g/mol. The zero-order valence-electron chi connectivity index (χ0n) is 15.4. The highest BCUT2D eigenvalue weighted by atomic mass is 19.1. The fourth-order valence-electron chi connectivity index (χ4n) is 2.28. The standard InChI is InChI=1S/C18H19FN6O2/c1-18(2,3)23-17(26)15-22-16(13-7-5-11(19)9-20-13)25(24-15)12-6-8-14(27-4)21-10-12/h5-10H,1-4H3,(H,23,26). The first-order chi connectivity index (χ1) is 12.8. The van der Waals surface area contributed by atoms with E-state index in [0.717, 1.165) is 6.20 Å². The normalized spacial score (nSPS) is 11.3. The largest absolute Gasteiger partial charge is 0.481 e. The molecule has 8 nitrogen and oxygen atoms in total. The lowest BCUT2D eigenvalue weighted by molar-refractivity contribution is 0.0909.